The lowest BCUT2D eigenvalue weighted by molar-refractivity contribution is -0.158. The van der Waals surface area contributed by atoms with Crippen LogP contribution in [0.15, 0.2) is 28.2 Å². The second-order valence-electron chi connectivity index (χ2n) is 7.78. The van der Waals surface area contributed by atoms with Crippen LogP contribution in [0.25, 0.3) is 0 Å². The van der Waals surface area contributed by atoms with Crippen LogP contribution in [0, 0.1) is 0 Å². The summed E-state index contributed by atoms with van der Waals surface area (Å²) in [6.07, 6.45) is 6.96. The Balaban J connectivity index is 0.00000300. The molecule has 1 fully saturated rings. The minimum absolute atomic E-state index is 0. The van der Waals surface area contributed by atoms with Gasteiger partial charge in [0.15, 0.2) is 5.66 Å². The van der Waals surface area contributed by atoms with Crippen molar-refractivity contribution in [3.63, 3.8) is 0 Å². The number of nitrogens with two attached hydrogens (primary N) is 2. The average molecular weight is 489 g/mol. The molecule has 0 saturated heterocycles. The van der Waals surface area contributed by atoms with Gasteiger partial charge in [-0.05, 0) is 56.4 Å². The van der Waals surface area contributed by atoms with Gasteiger partial charge in [0, 0.05) is 11.4 Å². The zero-order valence-corrected chi connectivity index (χ0v) is 19.5. The predicted molar refractivity (Wildman–Crippen MR) is 123 cm³/mol. The van der Waals surface area contributed by atoms with E-state index in [1.54, 1.807) is 0 Å². The third-order valence-electron chi connectivity index (χ3n) is 5.11. The summed E-state index contributed by atoms with van der Waals surface area (Å²) in [6.45, 7) is 4.70. The monoisotopic (exact) mass is 487 g/mol. The first-order valence-electron chi connectivity index (χ1n) is 9.92. The van der Waals surface area contributed by atoms with Crippen molar-refractivity contribution in [3.8, 4) is 5.75 Å². The molecule has 1 aromatic carbocycles. The molecule has 2 aliphatic rings. The van der Waals surface area contributed by atoms with Crippen molar-refractivity contribution in [1.29, 1.82) is 0 Å². The molecule has 1 aliphatic heterocycles. The highest BCUT2D eigenvalue weighted by atomic mass is 79.9. The molecule has 1 heterocycles. The van der Waals surface area contributed by atoms with Gasteiger partial charge in [-0.1, -0.05) is 30.9 Å². The van der Waals surface area contributed by atoms with E-state index in [2.05, 4.69) is 16.1 Å². The molecular formula is C20H31BrClN5O2. The van der Waals surface area contributed by atoms with Crippen molar-refractivity contribution in [2.75, 3.05) is 13.2 Å². The average Bonchev–Trinajstić information content (AvgIpc) is 2.64. The van der Waals surface area contributed by atoms with Gasteiger partial charge in [0.05, 0.1) is 13.2 Å². The summed E-state index contributed by atoms with van der Waals surface area (Å²) in [5.74, 6) is 1.82. The molecule has 0 atom stereocenters. The van der Waals surface area contributed by atoms with Crippen molar-refractivity contribution in [3.05, 3.63) is 28.8 Å². The van der Waals surface area contributed by atoms with Crippen LogP contribution in [0.4, 0.5) is 0 Å². The van der Waals surface area contributed by atoms with Crippen molar-refractivity contribution in [2.45, 2.75) is 64.0 Å². The number of ether oxygens (including phenoxy) is 1. The molecule has 0 amide bonds. The Labute approximate surface area is 188 Å². The molecule has 0 aromatic heterocycles. The number of aliphatic imine (C=N–C) groups is 2. The first-order chi connectivity index (χ1) is 13.4. The highest BCUT2D eigenvalue weighted by Crippen LogP contribution is 2.38. The number of nitrogens with zero attached hydrogens (tertiary/aromatic N) is 3. The number of hydrogen-bond donors (Lipinski definition) is 2. The maximum Gasteiger partial charge on any atom is 0.226 e. The van der Waals surface area contributed by atoms with Crippen LogP contribution >= 0.6 is 28.6 Å². The SMILES string of the molecule is Br.CC1(C)N=C(N)N=C(N)N1OCCCOc1ccc(Cl)cc1C1CCCCC1. The Morgan fingerprint density at radius 2 is 1.90 bits per heavy atom. The Morgan fingerprint density at radius 1 is 1.17 bits per heavy atom. The van der Waals surface area contributed by atoms with Gasteiger partial charge in [-0.25, -0.2) is 4.99 Å². The lowest BCUT2D eigenvalue weighted by atomic mass is 9.84. The van der Waals surface area contributed by atoms with Crippen LogP contribution in [0.1, 0.15) is 63.9 Å². The molecule has 3 rings (SSSR count). The lowest BCUT2D eigenvalue weighted by Crippen LogP contribution is -2.53. The molecular weight excluding hydrogens is 458 g/mol. The summed E-state index contributed by atoms with van der Waals surface area (Å²) in [5, 5.41) is 2.25. The van der Waals surface area contributed by atoms with Gasteiger partial charge < -0.3 is 16.2 Å². The van der Waals surface area contributed by atoms with E-state index in [1.807, 2.05) is 26.0 Å². The molecule has 0 radical (unpaired) electrons. The number of guanidine groups is 2. The van der Waals surface area contributed by atoms with E-state index in [-0.39, 0.29) is 28.9 Å². The molecule has 0 bridgehead atoms. The largest absolute Gasteiger partial charge is 0.493 e. The standard InChI is InChI=1S/C20H30ClN5O2.BrH/c1-20(2)25-18(22)24-19(23)26(20)28-12-6-11-27-17-10-9-15(21)13-16(17)14-7-4-3-5-8-14;/h9-10,13-14H,3-8,11-12H2,1-2H3,(H4,22,23,24,25);1H. The van der Waals surface area contributed by atoms with Gasteiger partial charge in [0.2, 0.25) is 11.9 Å². The maximum absolute atomic E-state index is 6.23. The first-order valence-corrected chi connectivity index (χ1v) is 10.3. The van der Waals surface area contributed by atoms with Gasteiger partial charge in [-0.3, -0.25) is 4.84 Å². The lowest BCUT2D eigenvalue weighted by Gasteiger charge is -2.36. The van der Waals surface area contributed by atoms with E-state index in [1.165, 1.54) is 42.7 Å². The van der Waals surface area contributed by atoms with Crippen molar-refractivity contribution < 1.29 is 9.57 Å². The minimum atomic E-state index is -0.693. The first kappa shape index (κ1) is 23.8. The topological polar surface area (TPSA) is 98.5 Å². The summed E-state index contributed by atoms with van der Waals surface area (Å²) in [6, 6.07) is 5.91. The van der Waals surface area contributed by atoms with Crippen LogP contribution < -0.4 is 16.2 Å². The summed E-state index contributed by atoms with van der Waals surface area (Å²) in [4.78, 5) is 14.0. The number of benzene rings is 1. The predicted octanol–water partition coefficient (Wildman–Crippen LogP) is 4.35. The van der Waals surface area contributed by atoms with Gasteiger partial charge in [-0.2, -0.15) is 10.1 Å². The molecule has 0 unspecified atom stereocenters. The van der Waals surface area contributed by atoms with Crippen LogP contribution in [0.2, 0.25) is 5.02 Å². The van der Waals surface area contributed by atoms with Crippen LogP contribution in [0.5, 0.6) is 5.75 Å². The molecule has 4 N–H and O–H groups in total. The zero-order chi connectivity index (χ0) is 20.1. The maximum atomic E-state index is 6.23. The Kier molecular flexibility index (Phi) is 8.60. The number of hydroxylamine groups is 2. The summed E-state index contributed by atoms with van der Waals surface area (Å²) < 4.78 is 6.06. The molecule has 1 aliphatic carbocycles. The molecule has 1 aromatic rings. The van der Waals surface area contributed by atoms with Gasteiger partial charge >= 0.3 is 0 Å². The Hall–Kier alpha value is -1.51. The van der Waals surface area contributed by atoms with E-state index in [9.17, 15) is 0 Å². The van der Waals surface area contributed by atoms with Gasteiger partial charge in [0.25, 0.3) is 0 Å². The van der Waals surface area contributed by atoms with Crippen LogP contribution in [-0.4, -0.2) is 35.9 Å². The molecule has 7 nitrogen and oxygen atoms in total. The third kappa shape index (κ3) is 6.23. The number of hydrogen-bond acceptors (Lipinski definition) is 7. The quantitative estimate of drug-likeness (QED) is 0.556. The smallest absolute Gasteiger partial charge is 0.226 e. The van der Waals surface area contributed by atoms with E-state index < -0.39 is 5.66 Å². The molecule has 0 spiro atoms. The van der Waals surface area contributed by atoms with E-state index in [4.69, 9.17) is 32.6 Å². The fourth-order valence-corrected chi connectivity index (χ4v) is 3.98. The van der Waals surface area contributed by atoms with Crippen LogP contribution in [0.3, 0.4) is 0 Å². The fourth-order valence-electron chi connectivity index (χ4n) is 3.80. The highest BCUT2D eigenvalue weighted by molar-refractivity contribution is 8.93. The van der Waals surface area contributed by atoms with Gasteiger partial charge in [0.1, 0.15) is 5.75 Å². The van der Waals surface area contributed by atoms with Crippen molar-refractivity contribution in [1.82, 2.24) is 5.06 Å². The summed E-state index contributed by atoms with van der Waals surface area (Å²) in [5.41, 5.74) is 12.1. The molecule has 29 heavy (non-hydrogen) atoms. The fraction of sp³-hybridized carbons (Fsp3) is 0.600. The zero-order valence-electron chi connectivity index (χ0n) is 17.1. The second kappa shape index (κ2) is 10.5. The highest BCUT2D eigenvalue weighted by Gasteiger charge is 2.33. The molecule has 1 saturated carbocycles. The van der Waals surface area contributed by atoms with Gasteiger partial charge in [-0.15, -0.1) is 17.0 Å². The number of halogens is 2. The second-order valence-corrected chi connectivity index (χ2v) is 8.22. The third-order valence-corrected chi connectivity index (χ3v) is 5.34. The van der Waals surface area contributed by atoms with Crippen molar-refractivity contribution >= 4 is 40.5 Å². The van der Waals surface area contributed by atoms with Crippen molar-refractivity contribution in [2.24, 2.45) is 21.5 Å². The van der Waals surface area contributed by atoms with Crippen LogP contribution in [-0.2, 0) is 4.84 Å². The minimum Gasteiger partial charge on any atom is -0.493 e. The molecule has 162 valence electrons. The summed E-state index contributed by atoms with van der Waals surface area (Å²) >= 11 is 6.23. The van der Waals surface area contributed by atoms with E-state index in [0.717, 1.165) is 10.8 Å². The summed E-state index contributed by atoms with van der Waals surface area (Å²) in [7, 11) is 0. The Morgan fingerprint density at radius 3 is 2.59 bits per heavy atom. The van der Waals surface area contributed by atoms with E-state index >= 15 is 0 Å². The Bertz CT molecular complexity index is 750. The molecule has 9 heteroatoms. The van der Waals surface area contributed by atoms with E-state index in [0.29, 0.717) is 25.6 Å². The normalized spacial score (nSPS) is 19.2. The number of rotatable bonds is 7.